The fourth-order valence-corrected chi connectivity index (χ4v) is 2.46. The molecule has 0 radical (unpaired) electrons. The summed E-state index contributed by atoms with van der Waals surface area (Å²) in [5, 5.41) is 9.60. The Bertz CT molecular complexity index is 983. The van der Waals surface area contributed by atoms with E-state index >= 15 is 0 Å². The first-order valence-electron chi connectivity index (χ1n) is 7.91. The van der Waals surface area contributed by atoms with Gasteiger partial charge in [0, 0.05) is 17.7 Å². The van der Waals surface area contributed by atoms with E-state index in [2.05, 4.69) is 15.6 Å². The van der Waals surface area contributed by atoms with Crippen LogP contribution in [0.2, 0.25) is 0 Å². The monoisotopic (exact) mass is 378 g/mol. The summed E-state index contributed by atoms with van der Waals surface area (Å²) in [6, 6.07) is 5.85. The molecule has 0 aliphatic rings. The van der Waals surface area contributed by atoms with Crippen molar-refractivity contribution in [3.8, 4) is 0 Å². The van der Waals surface area contributed by atoms with Gasteiger partial charge in [-0.25, -0.2) is 22.2 Å². The number of benzene rings is 2. The number of carbonyl (C=O) groups is 1. The zero-order valence-electron chi connectivity index (χ0n) is 14.1. The molecule has 0 bridgehead atoms. The molecule has 0 fully saturated rings. The molecule has 0 saturated carbocycles. The summed E-state index contributed by atoms with van der Waals surface area (Å²) >= 11 is 0. The van der Waals surface area contributed by atoms with Gasteiger partial charge < -0.3 is 5.32 Å². The standard InChI is InChI=1S/C18H14F4N4O/c1-10-5-6-15(21)11(17(10)22)7-23-18(27)16-9-26(25-24-16)8-12-13(19)3-2-4-14(12)20/h2-6,9H,7-8H2,1H3,(H,23,27). The van der Waals surface area contributed by atoms with Crippen LogP contribution in [-0.4, -0.2) is 20.9 Å². The highest BCUT2D eigenvalue weighted by atomic mass is 19.1. The summed E-state index contributed by atoms with van der Waals surface area (Å²) in [6.07, 6.45) is 1.18. The molecule has 0 aliphatic heterocycles. The van der Waals surface area contributed by atoms with Crippen molar-refractivity contribution in [2.45, 2.75) is 20.0 Å². The van der Waals surface area contributed by atoms with E-state index in [1.54, 1.807) is 0 Å². The Balaban J connectivity index is 1.70. The lowest BCUT2D eigenvalue weighted by molar-refractivity contribution is 0.0945. The lowest BCUT2D eigenvalue weighted by Crippen LogP contribution is -2.24. The SMILES string of the molecule is Cc1ccc(F)c(CNC(=O)c2cn(Cc3c(F)cccc3F)nn2)c1F. The Morgan fingerprint density at radius 1 is 1.04 bits per heavy atom. The van der Waals surface area contributed by atoms with Crippen molar-refractivity contribution < 1.29 is 22.4 Å². The summed E-state index contributed by atoms with van der Waals surface area (Å²) in [7, 11) is 0. The molecule has 0 saturated heterocycles. The highest BCUT2D eigenvalue weighted by molar-refractivity contribution is 5.91. The number of halogens is 4. The minimum atomic E-state index is -0.780. The van der Waals surface area contributed by atoms with E-state index in [-0.39, 0.29) is 35.5 Å². The molecule has 0 atom stereocenters. The van der Waals surface area contributed by atoms with Crippen molar-refractivity contribution in [2.24, 2.45) is 0 Å². The van der Waals surface area contributed by atoms with Gasteiger partial charge in [-0.15, -0.1) is 5.10 Å². The summed E-state index contributed by atoms with van der Waals surface area (Å²) in [5.41, 5.74) is -0.402. The number of rotatable bonds is 5. The molecule has 1 heterocycles. The second-order valence-electron chi connectivity index (χ2n) is 5.84. The highest BCUT2D eigenvalue weighted by Crippen LogP contribution is 2.16. The minimum absolute atomic E-state index is 0.153. The molecule has 5 nitrogen and oxygen atoms in total. The van der Waals surface area contributed by atoms with Crippen LogP contribution in [0, 0.1) is 30.2 Å². The molecule has 0 spiro atoms. The fraction of sp³-hybridized carbons (Fsp3) is 0.167. The van der Waals surface area contributed by atoms with E-state index in [1.165, 1.54) is 25.3 Å². The lowest BCUT2D eigenvalue weighted by Gasteiger charge is -2.08. The molecule has 9 heteroatoms. The molecule has 1 amide bonds. The van der Waals surface area contributed by atoms with Crippen molar-refractivity contribution in [3.63, 3.8) is 0 Å². The predicted molar refractivity (Wildman–Crippen MR) is 87.7 cm³/mol. The number of carbonyl (C=O) groups excluding carboxylic acids is 1. The second-order valence-corrected chi connectivity index (χ2v) is 5.84. The predicted octanol–water partition coefficient (Wildman–Crippen LogP) is 3.12. The van der Waals surface area contributed by atoms with Crippen LogP contribution in [-0.2, 0) is 13.1 Å². The van der Waals surface area contributed by atoms with E-state index in [1.807, 2.05) is 0 Å². The highest BCUT2D eigenvalue weighted by Gasteiger charge is 2.16. The zero-order chi connectivity index (χ0) is 19.6. The molecule has 1 aromatic heterocycles. The molecule has 3 rings (SSSR count). The van der Waals surface area contributed by atoms with Crippen LogP contribution in [0.15, 0.2) is 36.5 Å². The molecule has 2 aromatic carbocycles. The van der Waals surface area contributed by atoms with Gasteiger partial charge in [-0.3, -0.25) is 4.79 Å². The Morgan fingerprint density at radius 3 is 2.41 bits per heavy atom. The molecule has 0 aliphatic carbocycles. The molecule has 27 heavy (non-hydrogen) atoms. The maximum absolute atomic E-state index is 13.9. The van der Waals surface area contributed by atoms with Crippen LogP contribution in [0.5, 0.6) is 0 Å². The van der Waals surface area contributed by atoms with Crippen molar-refractivity contribution in [2.75, 3.05) is 0 Å². The molecule has 1 N–H and O–H groups in total. The maximum Gasteiger partial charge on any atom is 0.273 e. The first kappa shape index (κ1) is 18.6. The van der Waals surface area contributed by atoms with Crippen LogP contribution < -0.4 is 5.32 Å². The van der Waals surface area contributed by atoms with E-state index in [4.69, 9.17) is 0 Å². The average Bonchev–Trinajstić information content (AvgIpc) is 3.10. The summed E-state index contributed by atoms with van der Waals surface area (Å²) in [6.45, 7) is 0.834. The number of nitrogens with zero attached hydrogens (tertiary/aromatic N) is 3. The van der Waals surface area contributed by atoms with Crippen LogP contribution in [0.1, 0.15) is 27.2 Å². The number of aromatic nitrogens is 3. The van der Waals surface area contributed by atoms with Crippen LogP contribution in [0.3, 0.4) is 0 Å². The van der Waals surface area contributed by atoms with Crippen molar-refractivity contribution in [1.82, 2.24) is 20.3 Å². The normalized spacial score (nSPS) is 10.9. The van der Waals surface area contributed by atoms with Crippen LogP contribution >= 0.6 is 0 Å². The van der Waals surface area contributed by atoms with Gasteiger partial charge >= 0.3 is 0 Å². The number of nitrogens with one attached hydrogen (secondary N) is 1. The van der Waals surface area contributed by atoms with Gasteiger partial charge in [0.1, 0.15) is 23.3 Å². The summed E-state index contributed by atoms with van der Waals surface area (Å²) in [5.74, 6) is -3.74. The Kier molecular flexibility index (Phi) is 5.20. The Labute approximate surface area is 151 Å². The van der Waals surface area contributed by atoms with Crippen molar-refractivity contribution >= 4 is 5.91 Å². The Morgan fingerprint density at radius 2 is 1.70 bits per heavy atom. The van der Waals surface area contributed by atoms with Gasteiger partial charge in [0.15, 0.2) is 5.69 Å². The van der Waals surface area contributed by atoms with E-state index in [9.17, 15) is 22.4 Å². The van der Waals surface area contributed by atoms with Gasteiger partial charge in [0.2, 0.25) is 0 Å². The Hall–Kier alpha value is -3.23. The van der Waals surface area contributed by atoms with E-state index in [0.717, 1.165) is 22.9 Å². The third-order valence-corrected chi connectivity index (χ3v) is 3.96. The average molecular weight is 378 g/mol. The lowest BCUT2D eigenvalue weighted by atomic mass is 10.1. The first-order valence-corrected chi connectivity index (χ1v) is 7.91. The summed E-state index contributed by atoms with van der Waals surface area (Å²) in [4.78, 5) is 12.1. The number of hydrogen-bond acceptors (Lipinski definition) is 3. The number of amides is 1. The first-order chi connectivity index (χ1) is 12.9. The third kappa shape index (κ3) is 3.97. The van der Waals surface area contributed by atoms with Gasteiger partial charge in [-0.05, 0) is 30.7 Å². The maximum atomic E-state index is 13.9. The van der Waals surface area contributed by atoms with Crippen molar-refractivity contribution in [1.29, 1.82) is 0 Å². The van der Waals surface area contributed by atoms with Gasteiger partial charge in [0.05, 0.1) is 12.7 Å². The van der Waals surface area contributed by atoms with E-state index in [0.29, 0.717) is 0 Å². The topological polar surface area (TPSA) is 59.8 Å². The zero-order valence-corrected chi connectivity index (χ0v) is 14.1. The van der Waals surface area contributed by atoms with Crippen LogP contribution in [0.4, 0.5) is 17.6 Å². The van der Waals surface area contributed by atoms with Crippen LogP contribution in [0.25, 0.3) is 0 Å². The second kappa shape index (κ2) is 7.56. The van der Waals surface area contributed by atoms with Gasteiger partial charge in [-0.2, -0.15) is 0 Å². The minimum Gasteiger partial charge on any atom is -0.346 e. The smallest absolute Gasteiger partial charge is 0.273 e. The fourth-order valence-electron chi connectivity index (χ4n) is 2.46. The van der Waals surface area contributed by atoms with Gasteiger partial charge in [0.25, 0.3) is 5.91 Å². The molecular weight excluding hydrogens is 364 g/mol. The molecule has 3 aromatic rings. The molecule has 0 unspecified atom stereocenters. The quantitative estimate of drug-likeness (QED) is 0.694. The van der Waals surface area contributed by atoms with Gasteiger partial charge in [-0.1, -0.05) is 17.3 Å². The number of aryl methyl sites for hydroxylation is 1. The number of hydrogen-bond donors (Lipinski definition) is 1. The van der Waals surface area contributed by atoms with E-state index < -0.39 is 29.2 Å². The molecule has 140 valence electrons. The molecular formula is C18H14F4N4O. The van der Waals surface area contributed by atoms with Crippen molar-refractivity contribution in [3.05, 3.63) is 82.2 Å². The summed E-state index contributed by atoms with van der Waals surface area (Å²) < 4.78 is 56.1. The largest absolute Gasteiger partial charge is 0.346 e. The third-order valence-electron chi connectivity index (χ3n) is 3.96.